The van der Waals surface area contributed by atoms with Crippen LogP contribution in [0, 0.1) is 75.0 Å². The molecule has 3 heteroatoms. The van der Waals surface area contributed by atoms with Crippen molar-refractivity contribution in [3.05, 3.63) is 99.1 Å². The molecule has 0 aromatic heterocycles. The SMILES string of the molecule is N#Cc1ccc(CC(=O)[C]2[CH][CH][CH][CH]2)cc1.[CH]1[CH][CH][CH][CH]1.[Fe+2]. The van der Waals surface area contributed by atoms with Crippen molar-refractivity contribution in [2.45, 2.75) is 6.42 Å². The predicted octanol–water partition coefficient (Wildman–Crippen LogP) is 3.09. The number of hydrogen-bond donors (Lipinski definition) is 0. The molecule has 2 aliphatic rings. The number of ketones is 1. The van der Waals surface area contributed by atoms with Gasteiger partial charge in [0.25, 0.3) is 0 Å². The third-order valence-electron chi connectivity index (χ3n) is 2.99. The molecule has 1 aromatic carbocycles. The third-order valence-corrected chi connectivity index (χ3v) is 2.99. The monoisotopic (exact) mass is 329 g/mol. The molecule has 22 heavy (non-hydrogen) atoms. The van der Waals surface area contributed by atoms with Crippen molar-refractivity contribution in [3.8, 4) is 6.07 Å². The quantitative estimate of drug-likeness (QED) is 0.800. The summed E-state index contributed by atoms with van der Waals surface area (Å²) in [6, 6.07) is 9.15. The first-order valence-corrected chi connectivity index (χ1v) is 6.70. The zero-order valence-corrected chi connectivity index (χ0v) is 13.0. The molecule has 2 fully saturated rings. The Labute approximate surface area is 144 Å². The predicted molar refractivity (Wildman–Crippen MR) is 81.8 cm³/mol. The van der Waals surface area contributed by atoms with Gasteiger partial charge in [-0.05, 0) is 75.5 Å². The number of hydrogen-bond acceptors (Lipinski definition) is 2. The number of Topliss-reactive ketones (excluding diaryl/α,β-unsaturated/α-hetero) is 1. The van der Waals surface area contributed by atoms with E-state index in [0.717, 1.165) is 11.5 Å². The molecule has 0 heterocycles. The fourth-order valence-corrected chi connectivity index (χ4v) is 1.87. The second-order valence-corrected chi connectivity index (χ2v) is 4.54. The van der Waals surface area contributed by atoms with E-state index in [2.05, 4.69) is 6.07 Å². The van der Waals surface area contributed by atoms with E-state index in [1.807, 2.05) is 69.9 Å². The molecule has 0 spiro atoms. The molecule has 1 aromatic rings. The summed E-state index contributed by atoms with van der Waals surface area (Å²) >= 11 is 0. The Morgan fingerprint density at radius 3 is 1.82 bits per heavy atom. The van der Waals surface area contributed by atoms with E-state index in [1.165, 1.54) is 0 Å². The second kappa shape index (κ2) is 10.6. The van der Waals surface area contributed by atoms with Crippen LogP contribution in [0.15, 0.2) is 24.3 Å². The molecular weight excluding hydrogens is 314 g/mol. The Morgan fingerprint density at radius 1 is 0.864 bits per heavy atom. The molecule has 0 atom stereocenters. The van der Waals surface area contributed by atoms with Crippen molar-refractivity contribution >= 4 is 5.78 Å². The van der Waals surface area contributed by atoms with Gasteiger partial charge in [0.1, 0.15) is 5.78 Å². The first-order chi connectivity index (χ1) is 10.3. The topological polar surface area (TPSA) is 40.9 Å². The summed E-state index contributed by atoms with van der Waals surface area (Å²) in [6.45, 7) is 0. The molecule has 2 saturated carbocycles. The maximum atomic E-state index is 11.8. The minimum atomic E-state index is 0. The minimum absolute atomic E-state index is 0. The standard InChI is InChI=1S/C14H10NO.C5H5.Fe/c15-10-12-7-5-11(6-8-12)9-14(16)13-3-1-2-4-13;1-2-4-5-3-1;/h1-8H,9H2;1-5H;/q;;+2. The van der Waals surface area contributed by atoms with Crippen molar-refractivity contribution in [2.24, 2.45) is 0 Å². The number of nitriles is 1. The Morgan fingerprint density at radius 2 is 1.36 bits per heavy atom. The second-order valence-electron chi connectivity index (χ2n) is 4.54. The van der Waals surface area contributed by atoms with Crippen LogP contribution in [-0.4, -0.2) is 5.78 Å². The molecule has 0 unspecified atom stereocenters. The van der Waals surface area contributed by atoms with E-state index >= 15 is 0 Å². The van der Waals surface area contributed by atoms with E-state index in [1.54, 1.807) is 12.1 Å². The summed E-state index contributed by atoms with van der Waals surface area (Å²) in [5.41, 5.74) is 1.55. The van der Waals surface area contributed by atoms with Crippen LogP contribution in [0.3, 0.4) is 0 Å². The van der Waals surface area contributed by atoms with Crippen LogP contribution in [0.4, 0.5) is 0 Å². The van der Waals surface area contributed by atoms with Crippen LogP contribution < -0.4 is 0 Å². The van der Waals surface area contributed by atoms with Gasteiger partial charge in [0.05, 0.1) is 11.6 Å². The van der Waals surface area contributed by atoms with Gasteiger partial charge in [-0.2, -0.15) is 5.26 Å². The minimum Gasteiger partial charge on any atom is -0.299 e. The average Bonchev–Trinajstić information content (AvgIpc) is 3.23. The summed E-state index contributed by atoms with van der Waals surface area (Å²) in [4.78, 5) is 11.8. The first-order valence-electron chi connectivity index (χ1n) is 6.70. The van der Waals surface area contributed by atoms with Crippen molar-refractivity contribution < 1.29 is 21.9 Å². The fraction of sp³-hybridized carbons (Fsp3) is 0.0526. The molecule has 0 saturated heterocycles. The molecular formula is C19H15FeNO+2. The average molecular weight is 329 g/mol. The number of rotatable bonds is 3. The molecule has 2 aliphatic carbocycles. The van der Waals surface area contributed by atoms with Crippen LogP contribution in [-0.2, 0) is 28.3 Å². The van der Waals surface area contributed by atoms with Crippen molar-refractivity contribution in [1.82, 2.24) is 0 Å². The molecule has 0 bridgehead atoms. The van der Waals surface area contributed by atoms with Gasteiger partial charge >= 0.3 is 17.1 Å². The van der Waals surface area contributed by atoms with Crippen molar-refractivity contribution in [3.63, 3.8) is 0 Å². The van der Waals surface area contributed by atoms with Gasteiger partial charge in [-0.15, -0.1) is 0 Å². The van der Waals surface area contributed by atoms with Crippen LogP contribution in [0.25, 0.3) is 0 Å². The Bertz CT molecular complexity index is 472. The Kier molecular flexibility index (Phi) is 9.13. The van der Waals surface area contributed by atoms with Crippen molar-refractivity contribution in [2.75, 3.05) is 0 Å². The molecule has 2 nitrogen and oxygen atoms in total. The molecule has 0 amide bonds. The summed E-state index contributed by atoms with van der Waals surface area (Å²) < 4.78 is 0. The molecule has 3 rings (SSSR count). The smallest absolute Gasteiger partial charge is 0.299 e. The normalized spacial score (nSPS) is 17.0. The van der Waals surface area contributed by atoms with E-state index in [-0.39, 0.29) is 22.9 Å². The largest absolute Gasteiger partial charge is 2.00 e. The summed E-state index contributed by atoms with van der Waals surface area (Å²) in [5.74, 6) is 0.846. The Hall–Kier alpha value is -1.10. The van der Waals surface area contributed by atoms with Crippen LogP contribution in [0.1, 0.15) is 11.1 Å². The van der Waals surface area contributed by atoms with Gasteiger partial charge in [0, 0.05) is 12.3 Å². The fourth-order valence-electron chi connectivity index (χ4n) is 1.87. The maximum Gasteiger partial charge on any atom is 2.00 e. The zero-order chi connectivity index (χ0) is 14.9. The molecule has 0 aliphatic heterocycles. The molecule has 10 radical (unpaired) electrons. The summed E-state index contributed by atoms with van der Waals surface area (Å²) in [7, 11) is 0. The van der Waals surface area contributed by atoms with Gasteiger partial charge in [-0.25, -0.2) is 0 Å². The number of carbonyl (C=O) groups is 1. The van der Waals surface area contributed by atoms with E-state index < -0.39 is 0 Å². The first kappa shape index (κ1) is 18.9. The van der Waals surface area contributed by atoms with Crippen LogP contribution >= 0.6 is 0 Å². The number of carbonyl (C=O) groups excluding carboxylic acids is 1. The maximum absolute atomic E-state index is 11.8. The van der Waals surface area contributed by atoms with Gasteiger partial charge in [0.2, 0.25) is 0 Å². The summed E-state index contributed by atoms with van der Waals surface area (Å²) in [5, 5.41) is 8.64. The summed E-state index contributed by atoms with van der Waals surface area (Å²) in [6.07, 6.45) is 17.7. The molecule has 108 valence electrons. The van der Waals surface area contributed by atoms with E-state index in [4.69, 9.17) is 5.26 Å². The number of benzene rings is 1. The van der Waals surface area contributed by atoms with Gasteiger partial charge in [0.15, 0.2) is 0 Å². The van der Waals surface area contributed by atoms with Crippen LogP contribution in [0.5, 0.6) is 0 Å². The molecule has 0 N–H and O–H groups in total. The van der Waals surface area contributed by atoms with E-state index in [9.17, 15) is 4.79 Å². The zero-order valence-electron chi connectivity index (χ0n) is 11.9. The third kappa shape index (κ3) is 6.34. The van der Waals surface area contributed by atoms with Gasteiger partial charge in [-0.1, -0.05) is 12.1 Å². The van der Waals surface area contributed by atoms with Gasteiger partial charge in [-0.3, -0.25) is 4.79 Å². The van der Waals surface area contributed by atoms with Gasteiger partial charge < -0.3 is 0 Å². The van der Waals surface area contributed by atoms with E-state index in [0.29, 0.717) is 12.0 Å². The van der Waals surface area contributed by atoms with Crippen molar-refractivity contribution in [1.29, 1.82) is 5.26 Å². The van der Waals surface area contributed by atoms with Crippen LogP contribution in [0.2, 0.25) is 0 Å². The Balaban J connectivity index is 0.000000344. The number of nitrogens with zero attached hydrogens (tertiary/aromatic N) is 1.